The third-order valence-electron chi connectivity index (χ3n) is 6.49. The van der Waals surface area contributed by atoms with E-state index >= 15 is 0 Å². The highest BCUT2D eigenvalue weighted by Crippen LogP contribution is 2.28. The Hall–Kier alpha value is -4.05. The number of hydrogen-bond acceptors (Lipinski definition) is 3. The zero-order valence-corrected chi connectivity index (χ0v) is 21.0. The van der Waals surface area contributed by atoms with Crippen LogP contribution in [0.5, 0.6) is 11.5 Å². The number of carbonyl (C=O) groups is 1. The van der Waals surface area contributed by atoms with Crippen LogP contribution in [-0.4, -0.2) is 31.6 Å². The predicted molar refractivity (Wildman–Crippen MR) is 144 cm³/mol. The lowest BCUT2D eigenvalue weighted by atomic mass is 9.88. The molecule has 0 aromatic heterocycles. The predicted octanol–water partition coefficient (Wildman–Crippen LogP) is 6.50. The monoisotopic (exact) mass is 479 g/mol. The highest BCUT2D eigenvalue weighted by atomic mass is 16.5. The average Bonchev–Trinajstić information content (AvgIpc) is 2.94. The number of benzene rings is 4. The lowest BCUT2D eigenvalue weighted by Gasteiger charge is -2.26. The van der Waals surface area contributed by atoms with Crippen molar-refractivity contribution in [2.45, 2.75) is 25.3 Å². The van der Waals surface area contributed by atoms with E-state index in [1.807, 2.05) is 65.6 Å². The maximum absolute atomic E-state index is 13.6. The van der Waals surface area contributed by atoms with Crippen molar-refractivity contribution in [2.24, 2.45) is 0 Å². The van der Waals surface area contributed by atoms with Gasteiger partial charge in [0, 0.05) is 19.0 Å². The highest BCUT2D eigenvalue weighted by molar-refractivity contribution is 5.78. The van der Waals surface area contributed by atoms with E-state index in [0.717, 1.165) is 29.0 Å². The second kappa shape index (κ2) is 12.6. The summed E-state index contributed by atoms with van der Waals surface area (Å²) < 4.78 is 10.6. The molecule has 4 aromatic rings. The summed E-state index contributed by atoms with van der Waals surface area (Å²) in [5.41, 5.74) is 4.57. The Bertz CT molecular complexity index is 1170. The first-order valence-corrected chi connectivity index (χ1v) is 12.3. The van der Waals surface area contributed by atoms with Gasteiger partial charge in [-0.05, 0) is 52.9 Å². The Balaban J connectivity index is 1.55. The number of ether oxygens (including phenoxy) is 2. The molecule has 4 rings (SSSR count). The van der Waals surface area contributed by atoms with Crippen molar-refractivity contribution in [3.63, 3.8) is 0 Å². The van der Waals surface area contributed by atoms with Gasteiger partial charge in [-0.25, -0.2) is 0 Å². The van der Waals surface area contributed by atoms with Crippen LogP contribution in [0.3, 0.4) is 0 Å². The minimum atomic E-state index is 0.107. The fraction of sp³-hybridized carbons (Fsp3) is 0.219. The van der Waals surface area contributed by atoms with Crippen molar-refractivity contribution < 1.29 is 14.3 Å². The summed E-state index contributed by atoms with van der Waals surface area (Å²) in [4.78, 5) is 15.5. The molecule has 0 aliphatic rings. The van der Waals surface area contributed by atoms with Crippen molar-refractivity contribution >= 4 is 5.91 Å². The molecule has 0 unspecified atom stereocenters. The number of carbonyl (C=O) groups excluding carboxylic acids is 1. The quantitative estimate of drug-likeness (QED) is 0.247. The summed E-state index contributed by atoms with van der Waals surface area (Å²) in [6.07, 6.45) is 1.18. The minimum absolute atomic E-state index is 0.107. The number of hydrogen-bond donors (Lipinski definition) is 0. The fourth-order valence-corrected chi connectivity index (χ4v) is 4.45. The molecule has 0 aliphatic heterocycles. The van der Waals surface area contributed by atoms with Crippen LogP contribution in [0.4, 0.5) is 0 Å². The van der Waals surface area contributed by atoms with Gasteiger partial charge in [-0.3, -0.25) is 4.79 Å². The van der Waals surface area contributed by atoms with Crippen LogP contribution in [-0.2, 0) is 17.8 Å². The van der Waals surface area contributed by atoms with Gasteiger partial charge < -0.3 is 14.4 Å². The molecule has 0 radical (unpaired) electrons. The second-order valence-electron chi connectivity index (χ2n) is 8.85. The van der Waals surface area contributed by atoms with E-state index in [0.29, 0.717) is 19.5 Å². The van der Waals surface area contributed by atoms with Crippen LogP contribution < -0.4 is 9.47 Å². The van der Waals surface area contributed by atoms with Crippen LogP contribution in [0.2, 0.25) is 0 Å². The Morgan fingerprint density at radius 2 is 1.14 bits per heavy atom. The first-order valence-electron chi connectivity index (χ1n) is 12.3. The van der Waals surface area contributed by atoms with Gasteiger partial charge in [-0.1, -0.05) is 84.9 Å². The molecule has 36 heavy (non-hydrogen) atoms. The van der Waals surface area contributed by atoms with Crippen molar-refractivity contribution in [3.8, 4) is 11.5 Å². The normalized spacial score (nSPS) is 10.8. The molecule has 4 aromatic carbocycles. The summed E-state index contributed by atoms with van der Waals surface area (Å²) >= 11 is 0. The van der Waals surface area contributed by atoms with Crippen molar-refractivity contribution in [1.29, 1.82) is 0 Å². The van der Waals surface area contributed by atoms with Crippen molar-refractivity contribution in [3.05, 3.63) is 131 Å². The Morgan fingerprint density at radius 3 is 1.61 bits per heavy atom. The lowest BCUT2D eigenvalue weighted by Crippen LogP contribution is -2.33. The van der Waals surface area contributed by atoms with Gasteiger partial charge in [0.1, 0.15) is 11.5 Å². The molecule has 184 valence electrons. The summed E-state index contributed by atoms with van der Waals surface area (Å²) in [7, 11) is 3.31. The molecule has 0 saturated heterocycles. The first kappa shape index (κ1) is 25.1. The molecule has 0 fully saturated rings. The van der Waals surface area contributed by atoms with Gasteiger partial charge >= 0.3 is 0 Å². The minimum Gasteiger partial charge on any atom is -0.497 e. The first-order chi connectivity index (χ1) is 17.7. The van der Waals surface area contributed by atoms with Gasteiger partial charge in [0.15, 0.2) is 0 Å². The topological polar surface area (TPSA) is 38.8 Å². The fourth-order valence-electron chi connectivity index (χ4n) is 4.45. The third-order valence-corrected chi connectivity index (χ3v) is 6.49. The SMILES string of the molecule is COc1ccc(CC(=O)N(CCC(c2ccccc2)c2ccccc2)Cc2ccc(OC)cc2)cc1. The number of rotatable bonds is 11. The zero-order chi connectivity index (χ0) is 25.2. The Morgan fingerprint density at radius 1 is 0.667 bits per heavy atom. The molecule has 0 atom stereocenters. The number of amides is 1. The summed E-state index contributed by atoms with van der Waals surface area (Å²) in [6, 6.07) is 36.7. The van der Waals surface area contributed by atoms with Crippen LogP contribution >= 0.6 is 0 Å². The molecule has 0 heterocycles. The van der Waals surface area contributed by atoms with Gasteiger partial charge in [0.05, 0.1) is 20.6 Å². The lowest BCUT2D eigenvalue weighted by molar-refractivity contribution is -0.131. The number of nitrogens with zero attached hydrogens (tertiary/aromatic N) is 1. The van der Waals surface area contributed by atoms with E-state index in [9.17, 15) is 4.79 Å². The smallest absolute Gasteiger partial charge is 0.227 e. The molecule has 0 N–H and O–H groups in total. The van der Waals surface area contributed by atoms with E-state index < -0.39 is 0 Å². The molecule has 4 heteroatoms. The van der Waals surface area contributed by atoms with Crippen LogP contribution in [0.1, 0.15) is 34.6 Å². The van der Waals surface area contributed by atoms with E-state index in [2.05, 4.69) is 48.5 Å². The van der Waals surface area contributed by atoms with Crippen LogP contribution in [0.15, 0.2) is 109 Å². The number of methoxy groups -OCH3 is 2. The maximum atomic E-state index is 13.6. The highest BCUT2D eigenvalue weighted by Gasteiger charge is 2.20. The van der Waals surface area contributed by atoms with Crippen molar-refractivity contribution in [1.82, 2.24) is 4.90 Å². The van der Waals surface area contributed by atoms with Gasteiger partial charge in [-0.15, -0.1) is 0 Å². The van der Waals surface area contributed by atoms with E-state index in [4.69, 9.17) is 9.47 Å². The zero-order valence-electron chi connectivity index (χ0n) is 21.0. The summed E-state index contributed by atoms with van der Waals surface area (Å²) in [5, 5.41) is 0. The largest absolute Gasteiger partial charge is 0.497 e. The van der Waals surface area contributed by atoms with Gasteiger partial charge in [0.25, 0.3) is 0 Å². The van der Waals surface area contributed by atoms with Crippen LogP contribution in [0.25, 0.3) is 0 Å². The Kier molecular flexibility index (Phi) is 8.77. The maximum Gasteiger partial charge on any atom is 0.227 e. The van der Waals surface area contributed by atoms with Gasteiger partial charge in [0.2, 0.25) is 5.91 Å². The summed E-state index contributed by atoms with van der Waals surface area (Å²) in [6.45, 7) is 1.20. The second-order valence-corrected chi connectivity index (χ2v) is 8.85. The molecule has 1 amide bonds. The molecular weight excluding hydrogens is 446 g/mol. The van der Waals surface area contributed by atoms with Crippen molar-refractivity contribution in [2.75, 3.05) is 20.8 Å². The molecule has 0 bridgehead atoms. The molecular formula is C32H33NO3. The molecule has 0 saturated carbocycles. The van der Waals surface area contributed by atoms with E-state index in [1.165, 1.54) is 11.1 Å². The van der Waals surface area contributed by atoms with Gasteiger partial charge in [-0.2, -0.15) is 0 Å². The molecule has 0 aliphatic carbocycles. The van der Waals surface area contributed by atoms with Crippen LogP contribution in [0, 0.1) is 0 Å². The standard InChI is InChI=1S/C32H33NO3/c1-35-29-17-13-25(14-18-29)23-32(34)33(24-26-15-19-30(36-2)20-16-26)22-21-31(27-9-5-3-6-10-27)28-11-7-4-8-12-28/h3-20,31H,21-24H2,1-2H3. The average molecular weight is 480 g/mol. The van der Waals surface area contributed by atoms with E-state index in [-0.39, 0.29) is 11.8 Å². The summed E-state index contributed by atoms with van der Waals surface area (Å²) in [5.74, 6) is 1.91. The third kappa shape index (κ3) is 6.76. The molecule has 0 spiro atoms. The van der Waals surface area contributed by atoms with E-state index in [1.54, 1.807) is 14.2 Å². The Labute approximate surface area is 214 Å². The molecule has 4 nitrogen and oxygen atoms in total.